The predicted molar refractivity (Wildman–Crippen MR) is 69.2 cm³/mol. The molecule has 0 spiro atoms. The van der Waals surface area contributed by atoms with Gasteiger partial charge in [0.25, 0.3) is 0 Å². The molecular weight excluding hydrogens is 256 g/mol. The average Bonchev–Trinajstić information content (AvgIpc) is 2.25. The molecule has 1 saturated heterocycles. The number of carbonyl (C=O) groups is 1. The molecule has 1 aliphatic heterocycles. The Labute approximate surface area is 108 Å². The van der Waals surface area contributed by atoms with Crippen molar-refractivity contribution in [3.63, 3.8) is 0 Å². The van der Waals surface area contributed by atoms with Crippen LogP contribution in [0.4, 0.5) is 0 Å². The molecule has 0 radical (unpaired) electrons. The first kappa shape index (κ1) is 15.4. The van der Waals surface area contributed by atoms with Gasteiger partial charge in [0.05, 0.1) is 17.6 Å². The molecule has 1 fully saturated rings. The third-order valence-electron chi connectivity index (χ3n) is 2.77. The second-order valence-corrected chi connectivity index (χ2v) is 6.77. The predicted octanol–water partition coefficient (Wildman–Crippen LogP) is -0.696. The van der Waals surface area contributed by atoms with Crippen molar-refractivity contribution in [2.75, 3.05) is 31.2 Å². The zero-order chi connectivity index (χ0) is 13.6. The lowest BCUT2D eigenvalue weighted by atomic mass is 10.2. The topological polar surface area (TPSA) is 84.5 Å². The van der Waals surface area contributed by atoms with E-state index in [1.165, 1.54) is 0 Å². The lowest BCUT2D eigenvalue weighted by molar-refractivity contribution is -0.122. The molecule has 1 rings (SSSR count). The van der Waals surface area contributed by atoms with Crippen molar-refractivity contribution in [2.24, 2.45) is 0 Å². The molecule has 1 aliphatic rings. The van der Waals surface area contributed by atoms with Gasteiger partial charge >= 0.3 is 0 Å². The van der Waals surface area contributed by atoms with Crippen LogP contribution in [0, 0.1) is 0 Å². The number of carbonyl (C=O) groups excluding carboxylic acids is 1. The van der Waals surface area contributed by atoms with Crippen LogP contribution in [0.2, 0.25) is 0 Å². The molecule has 0 aromatic rings. The van der Waals surface area contributed by atoms with Crippen LogP contribution in [-0.4, -0.2) is 57.7 Å². The van der Waals surface area contributed by atoms with Gasteiger partial charge in [0, 0.05) is 32.2 Å². The van der Waals surface area contributed by atoms with Gasteiger partial charge in [0.15, 0.2) is 9.84 Å². The maximum absolute atomic E-state index is 11.6. The maximum Gasteiger partial charge on any atom is 0.221 e. The summed E-state index contributed by atoms with van der Waals surface area (Å²) in [6.07, 6.45) is 0.167. The summed E-state index contributed by atoms with van der Waals surface area (Å²) in [6.45, 7) is 5.27. The third kappa shape index (κ3) is 5.79. The van der Waals surface area contributed by atoms with Gasteiger partial charge in [-0.15, -0.1) is 0 Å². The lowest BCUT2D eigenvalue weighted by Gasteiger charge is -2.23. The van der Waals surface area contributed by atoms with Crippen molar-refractivity contribution < 1.29 is 17.9 Å². The minimum absolute atomic E-state index is 0.0259. The smallest absolute Gasteiger partial charge is 0.221 e. The van der Waals surface area contributed by atoms with Crippen LogP contribution in [-0.2, 0) is 19.4 Å². The van der Waals surface area contributed by atoms with Gasteiger partial charge in [-0.1, -0.05) is 0 Å². The summed E-state index contributed by atoms with van der Waals surface area (Å²) in [7, 11) is -2.98. The number of amides is 1. The van der Waals surface area contributed by atoms with E-state index in [1.54, 1.807) is 0 Å². The summed E-state index contributed by atoms with van der Waals surface area (Å²) in [5, 5.41) is 5.79. The zero-order valence-electron chi connectivity index (χ0n) is 10.9. The van der Waals surface area contributed by atoms with Crippen molar-refractivity contribution in [2.45, 2.75) is 32.4 Å². The number of nitrogens with one attached hydrogen (secondary N) is 2. The van der Waals surface area contributed by atoms with Crippen LogP contribution in [0.15, 0.2) is 0 Å². The van der Waals surface area contributed by atoms with Crippen LogP contribution >= 0.6 is 0 Å². The first-order valence-electron chi connectivity index (χ1n) is 6.25. The van der Waals surface area contributed by atoms with E-state index >= 15 is 0 Å². The van der Waals surface area contributed by atoms with Gasteiger partial charge in [0.2, 0.25) is 5.91 Å². The Morgan fingerprint density at radius 3 is 2.89 bits per heavy atom. The van der Waals surface area contributed by atoms with E-state index in [2.05, 4.69) is 10.6 Å². The Morgan fingerprint density at radius 1 is 1.56 bits per heavy atom. The third-order valence-corrected chi connectivity index (χ3v) is 4.51. The molecule has 106 valence electrons. The van der Waals surface area contributed by atoms with Crippen LogP contribution in [0.3, 0.4) is 0 Å². The van der Waals surface area contributed by atoms with Gasteiger partial charge in [-0.25, -0.2) is 8.42 Å². The Kier molecular flexibility index (Phi) is 6.04. The Bertz CT molecular complexity index is 369. The fraction of sp³-hybridized carbons (Fsp3) is 0.909. The van der Waals surface area contributed by atoms with E-state index in [0.717, 1.165) is 0 Å². The molecule has 2 atom stereocenters. The summed E-state index contributed by atoms with van der Waals surface area (Å²) in [5.41, 5.74) is 0. The van der Waals surface area contributed by atoms with Crippen LogP contribution in [0.5, 0.6) is 0 Å². The van der Waals surface area contributed by atoms with E-state index in [0.29, 0.717) is 19.7 Å². The van der Waals surface area contributed by atoms with Crippen molar-refractivity contribution >= 4 is 15.7 Å². The summed E-state index contributed by atoms with van der Waals surface area (Å²) >= 11 is 0. The summed E-state index contributed by atoms with van der Waals surface area (Å²) in [6, 6.07) is -0.272. The first-order valence-corrected chi connectivity index (χ1v) is 8.07. The molecule has 6 nitrogen and oxygen atoms in total. The van der Waals surface area contributed by atoms with Crippen molar-refractivity contribution in [1.29, 1.82) is 0 Å². The lowest BCUT2D eigenvalue weighted by Crippen LogP contribution is -2.47. The fourth-order valence-electron chi connectivity index (χ4n) is 1.90. The van der Waals surface area contributed by atoms with Gasteiger partial charge in [0.1, 0.15) is 0 Å². The molecule has 7 heteroatoms. The minimum Gasteiger partial charge on any atom is -0.377 e. The first-order chi connectivity index (χ1) is 8.43. The van der Waals surface area contributed by atoms with Gasteiger partial charge < -0.3 is 15.4 Å². The Balaban J connectivity index is 2.27. The molecular formula is C11H22N2O4S. The highest BCUT2D eigenvalue weighted by atomic mass is 32.2. The van der Waals surface area contributed by atoms with Crippen LogP contribution in [0.25, 0.3) is 0 Å². The quantitative estimate of drug-likeness (QED) is 0.671. The van der Waals surface area contributed by atoms with E-state index in [1.807, 2.05) is 13.8 Å². The maximum atomic E-state index is 11.6. The van der Waals surface area contributed by atoms with E-state index in [-0.39, 0.29) is 36.0 Å². The Hall–Kier alpha value is -0.660. The van der Waals surface area contributed by atoms with Crippen LogP contribution in [0.1, 0.15) is 20.3 Å². The molecule has 18 heavy (non-hydrogen) atoms. The SMILES string of the molecule is CCOC(C)CNC(=O)CC1CS(=O)(=O)CCN1. The highest BCUT2D eigenvalue weighted by molar-refractivity contribution is 7.91. The summed E-state index contributed by atoms with van der Waals surface area (Å²) in [5.74, 6) is 0.0599. The highest BCUT2D eigenvalue weighted by Crippen LogP contribution is 2.04. The molecule has 0 aromatic heterocycles. The van der Waals surface area contributed by atoms with Gasteiger partial charge in [-0.05, 0) is 13.8 Å². The number of hydrogen-bond donors (Lipinski definition) is 2. The number of sulfone groups is 1. The zero-order valence-corrected chi connectivity index (χ0v) is 11.8. The molecule has 2 N–H and O–H groups in total. The second kappa shape index (κ2) is 7.06. The fourth-order valence-corrected chi connectivity index (χ4v) is 3.34. The standard InChI is InChI=1S/C11H22N2O4S/c1-3-17-9(2)7-13-11(14)6-10-8-18(15,16)5-4-12-10/h9-10,12H,3-8H2,1-2H3,(H,13,14). The normalized spacial score (nSPS) is 24.4. The minimum atomic E-state index is -2.98. The molecule has 0 aliphatic carbocycles. The molecule has 0 aromatic carbocycles. The van der Waals surface area contributed by atoms with E-state index < -0.39 is 9.84 Å². The van der Waals surface area contributed by atoms with Gasteiger partial charge in [-0.3, -0.25) is 4.79 Å². The average molecular weight is 278 g/mol. The van der Waals surface area contributed by atoms with Crippen molar-refractivity contribution in [1.82, 2.24) is 10.6 Å². The number of hydrogen-bond acceptors (Lipinski definition) is 5. The van der Waals surface area contributed by atoms with E-state index in [9.17, 15) is 13.2 Å². The van der Waals surface area contributed by atoms with E-state index in [4.69, 9.17) is 4.74 Å². The van der Waals surface area contributed by atoms with Crippen molar-refractivity contribution in [3.05, 3.63) is 0 Å². The Morgan fingerprint density at radius 2 is 2.28 bits per heavy atom. The molecule has 2 unspecified atom stereocenters. The summed E-state index contributed by atoms with van der Waals surface area (Å²) in [4.78, 5) is 11.6. The van der Waals surface area contributed by atoms with Crippen LogP contribution < -0.4 is 10.6 Å². The number of rotatable bonds is 6. The summed E-state index contributed by atoms with van der Waals surface area (Å²) < 4.78 is 28.1. The molecule has 1 heterocycles. The molecule has 0 saturated carbocycles. The van der Waals surface area contributed by atoms with Crippen molar-refractivity contribution in [3.8, 4) is 0 Å². The molecule has 0 bridgehead atoms. The monoisotopic (exact) mass is 278 g/mol. The highest BCUT2D eigenvalue weighted by Gasteiger charge is 2.25. The second-order valence-electron chi connectivity index (χ2n) is 4.54. The molecule has 1 amide bonds. The van der Waals surface area contributed by atoms with Gasteiger partial charge in [-0.2, -0.15) is 0 Å². The largest absolute Gasteiger partial charge is 0.377 e. The number of ether oxygens (including phenoxy) is 1.